The summed E-state index contributed by atoms with van der Waals surface area (Å²) in [7, 11) is -3.53. The lowest BCUT2D eigenvalue weighted by atomic mass is 9.91. The number of aryl methyl sites for hydroxylation is 2. The fraction of sp³-hybridized carbons (Fsp3) is 0.526. The summed E-state index contributed by atoms with van der Waals surface area (Å²) in [5, 5.41) is 0. The average molecular weight is 376 g/mol. The van der Waals surface area contributed by atoms with Gasteiger partial charge in [0.25, 0.3) is 0 Å². The van der Waals surface area contributed by atoms with Gasteiger partial charge in [0.05, 0.1) is 23.6 Å². The molecule has 2 aliphatic rings. The maximum absolute atomic E-state index is 13.2. The number of oxazole rings is 1. The maximum atomic E-state index is 13.2. The monoisotopic (exact) mass is 376 g/mol. The second-order valence-corrected chi connectivity index (χ2v) is 8.93. The van der Waals surface area contributed by atoms with E-state index in [4.69, 9.17) is 9.15 Å². The summed E-state index contributed by atoms with van der Waals surface area (Å²) in [6, 6.07) is 6.90. The molecule has 26 heavy (non-hydrogen) atoms. The minimum atomic E-state index is -3.53. The van der Waals surface area contributed by atoms with Crippen LogP contribution in [0.2, 0.25) is 0 Å². The summed E-state index contributed by atoms with van der Waals surface area (Å²) >= 11 is 0. The molecule has 0 spiro atoms. The Morgan fingerprint density at radius 1 is 1.12 bits per heavy atom. The van der Waals surface area contributed by atoms with E-state index in [2.05, 4.69) is 4.98 Å². The van der Waals surface area contributed by atoms with Crippen LogP contribution in [0.4, 0.5) is 0 Å². The molecule has 6 nitrogen and oxygen atoms in total. The topological polar surface area (TPSA) is 72.6 Å². The standard InChI is InChI=1S/C19H24N2O4S/c1-13-19(20-14(2)25-13)15-7-9-16(10-8-15)26(22,23)21-11-12-24-18-6-4-3-5-17(18)21/h7-10,17-18H,3-6,11-12H2,1-2H3. The second kappa shape index (κ2) is 6.79. The molecule has 1 aromatic heterocycles. The lowest BCUT2D eigenvalue weighted by Gasteiger charge is -2.42. The van der Waals surface area contributed by atoms with Crippen molar-refractivity contribution in [3.8, 4) is 11.3 Å². The SMILES string of the molecule is Cc1nc(-c2ccc(S(=O)(=O)N3CCOC4CCCCC43)cc2)c(C)o1. The van der Waals surface area contributed by atoms with Gasteiger partial charge < -0.3 is 9.15 Å². The largest absolute Gasteiger partial charge is 0.446 e. The summed E-state index contributed by atoms with van der Waals surface area (Å²) in [5.41, 5.74) is 1.61. The van der Waals surface area contributed by atoms with Gasteiger partial charge in [-0.3, -0.25) is 0 Å². The number of ether oxygens (including phenoxy) is 1. The summed E-state index contributed by atoms with van der Waals surface area (Å²) in [6.07, 6.45) is 4.02. The molecule has 0 amide bonds. The van der Waals surface area contributed by atoms with Gasteiger partial charge >= 0.3 is 0 Å². The molecular formula is C19H24N2O4S. The summed E-state index contributed by atoms with van der Waals surface area (Å²) < 4.78 is 39.3. The van der Waals surface area contributed by atoms with E-state index in [9.17, 15) is 8.42 Å². The predicted octanol–water partition coefficient (Wildman–Crippen LogP) is 3.29. The number of hydrogen-bond acceptors (Lipinski definition) is 5. The van der Waals surface area contributed by atoms with Crippen molar-refractivity contribution in [1.29, 1.82) is 0 Å². The Balaban J connectivity index is 1.62. The lowest BCUT2D eigenvalue weighted by molar-refractivity contribution is -0.0586. The minimum absolute atomic E-state index is 0.0345. The highest BCUT2D eigenvalue weighted by Gasteiger charge is 2.40. The van der Waals surface area contributed by atoms with E-state index in [1.54, 1.807) is 35.5 Å². The number of sulfonamides is 1. The molecule has 2 heterocycles. The van der Waals surface area contributed by atoms with Crippen molar-refractivity contribution in [1.82, 2.24) is 9.29 Å². The fourth-order valence-corrected chi connectivity index (χ4v) is 5.74. The van der Waals surface area contributed by atoms with Crippen molar-refractivity contribution >= 4 is 10.0 Å². The number of morpholine rings is 1. The molecule has 140 valence electrons. The Labute approximate surface area is 154 Å². The van der Waals surface area contributed by atoms with Crippen molar-refractivity contribution in [2.75, 3.05) is 13.2 Å². The van der Waals surface area contributed by atoms with Gasteiger partial charge in [-0.15, -0.1) is 0 Å². The number of hydrogen-bond donors (Lipinski definition) is 0. The summed E-state index contributed by atoms with van der Waals surface area (Å²) in [6.45, 7) is 4.55. The first-order valence-corrected chi connectivity index (χ1v) is 10.6. The van der Waals surface area contributed by atoms with Gasteiger partial charge in [0.1, 0.15) is 11.5 Å². The third-order valence-electron chi connectivity index (χ3n) is 5.32. The highest BCUT2D eigenvalue weighted by molar-refractivity contribution is 7.89. The number of aromatic nitrogens is 1. The normalized spacial score (nSPS) is 24.4. The number of nitrogens with zero attached hydrogens (tertiary/aromatic N) is 2. The van der Waals surface area contributed by atoms with Crippen molar-refractivity contribution in [3.05, 3.63) is 35.9 Å². The van der Waals surface area contributed by atoms with Crippen LogP contribution < -0.4 is 0 Å². The van der Waals surface area contributed by atoms with Gasteiger partial charge in [-0.1, -0.05) is 25.0 Å². The average Bonchev–Trinajstić information content (AvgIpc) is 2.99. The van der Waals surface area contributed by atoms with Gasteiger partial charge in [0, 0.05) is 19.0 Å². The van der Waals surface area contributed by atoms with E-state index in [-0.39, 0.29) is 12.1 Å². The molecule has 7 heteroatoms. The highest BCUT2D eigenvalue weighted by Crippen LogP contribution is 2.33. The van der Waals surface area contributed by atoms with E-state index < -0.39 is 10.0 Å². The van der Waals surface area contributed by atoms with E-state index in [1.807, 2.05) is 6.92 Å². The maximum Gasteiger partial charge on any atom is 0.243 e. The van der Waals surface area contributed by atoms with Crippen molar-refractivity contribution < 1.29 is 17.6 Å². The predicted molar refractivity (Wildman–Crippen MR) is 97.3 cm³/mol. The van der Waals surface area contributed by atoms with Crippen molar-refractivity contribution in [2.24, 2.45) is 0 Å². The first-order chi connectivity index (χ1) is 12.5. The molecule has 1 aliphatic carbocycles. The van der Waals surface area contributed by atoms with E-state index in [1.165, 1.54) is 0 Å². The molecule has 2 atom stereocenters. The molecule has 2 fully saturated rings. The third-order valence-corrected chi connectivity index (χ3v) is 7.26. The first kappa shape index (κ1) is 17.7. The summed E-state index contributed by atoms with van der Waals surface area (Å²) in [5.74, 6) is 1.34. The molecule has 0 radical (unpaired) electrons. The molecule has 4 rings (SSSR count). The number of rotatable bonds is 3. The Morgan fingerprint density at radius 3 is 2.54 bits per heavy atom. The van der Waals surface area contributed by atoms with Gasteiger partial charge in [-0.2, -0.15) is 4.31 Å². The zero-order valence-corrected chi connectivity index (χ0v) is 16.0. The van der Waals surface area contributed by atoms with E-state index in [0.717, 1.165) is 42.7 Å². The van der Waals surface area contributed by atoms with Crippen LogP contribution in [0.25, 0.3) is 11.3 Å². The molecule has 2 unspecified atom stereocenters. The quantitative estimate of drug-likeness (QED) is 0.822. The van der Waals surface area contributed by atoms with Crippen LogP contribution in [0.15, 0.2) is 33.6 Å². The van der Waals surface area contributed by atoms with E-state index in [0.29, 0.717) is 23.9 Å². The fourth-order valence-electron chi connectivity index (χ4n) is 4.08. The highest BCUT2D eigenvalue weighted by atomic mass is 32.2. The van der Waals surface area contributed by atoms with Crippen LogP contribution in [0.5, 0.6) is 0 Å². The molecule has 0 bridgehead atoms. The summed E-state index contributed by atoms with van der Waals surface area (Å²) in [4.78, 5) is 4.70. The van der Waals surface area contributed by atoms with Gasteiger partial charge in [0.15, 0.2) is 5.89 Å². The van der Waals surface area contributed by atoms with Crippen LogP contribution in [-0.4, -0.2) is 43.0 Å². The Kier molecular flexibility index (Phi) is 4.62. The second-order valence-electron chi connectivity index (χ2n) is 7.04. The van der Waals surface area contributed by atoms with Crippen LogP contribution in [-0.2, 0) is 14.8 Å². The molecular weight excluding hydrogens is 352 g/mol. The third kappa shape index (κ3) is 3.08. The van der Waals surface area contributed by atoms with Crippen LogP contribution in [0, 0.1) is 13.8 Å². The zero-order valence-electron chi connectivity index (χ0n) is 15.1. The lowest BCUT2D eigenvalue weighted by Crippen LogP contribution is -2.54. The van der Waals surface area contributed by atoms with Crippen molar-refractivity contribution in [2.45, 2.75) is 56.6 Å². The molecule has 1 saturated heterocycles. The van der Waals surface area contributed by atoms with Gasteiger partial charge in [-0.25, -0.2) is 13.4 Å². The van der Waals surface area contributed by atoms with Crippen LogP contribution in [0.3, 0.4) is 0 Å². The van der Waals surface area contributed by atoms with E-state index >= 15 is 0 Å². The van der Waals surface area contributed by atoms with Crippen LogP contribution in [0.1, 0.15) is 37.3 Å². The first-order valence-electron chi connectivity index (χ1n) is 9.15. The molecule has 1 aliphatic heterocycles. The molecule has 1 aromatic carbocycles. The Hall–Kier alpha value is -1.70. The number of benzene rings is 1. The zero-order chi connectivity index (χ0) is 18.3. The Bertz CT molecular complexity index is 887. The molecule has 2 aromatic rings. The minimum Gasteiger partial charge on any atom is -0.446 e. The number of fused-ring (bicyclic) bond motifs is 1. The molecule has 1 saturated carbocycles. The van der Waals surface area contributed by atoms with Crippen LogP contribution >= 0.6 is 0 Å². The smallest absolute Gasteiger partial charge is 0.243 e. The van der Waals surface area contributed by atoms with Crippen molar-refractivity contribution in [3.63, 3.8) is 0 Å². The Morgan fingerprint density at radius 2 is 1.85 bits per heavy atom. The van der Waals surface area contributed by atoms with Gasteiger partial charge in [-0.05, 0) is 31.9 Å². The van der Waals surface area contributed by atoms with Gasteiger partial charge in [0.2, 0.25) is 10.0 Å². The molecule has 0 N–H and O–H groups in total.